The first-order chi connectivity index (χ1) is 16.5. The number of unbranched alkanes of at least 4 members (excludes halogenated alkanes) is 13. The molecule has 0 aromatic heterocycles. The Morgan fingerprint density at radius 1 is 0.676 bits per heavy atom. The van der Waals surface area contributed by atoms with Gasteiger partial charge in [0.25, 0.3) is 0 Å². The van der Waals surface area contributed by atoms with Gasteiger partial charge in [-0.1, -0.05) is 90.4 Å². The molecule has 0 fully saturated rings. The molecule has 0 aliphatic rings. The van der Waals surface area contributed by atoms with Gasteiger partial charge in [-0.3, -0.25) is 4.79 Å². The van der Waals surface area contributed by atoms with Crippen LogP contribution in [0.2, 0.25) is 0 Å². The van der Waals surface area contributed by atoms with E-state index in [0.717, 1.165) is 12.8 Å². The summed E-state index contributed by atoms with van der Waals surface area (Å²) < 4.78 is 9.96. The summed E-state index contributed by atoms with van der Waals surface area (Å²) in [6.45, 7) is 2.93. The number of rotatable bonds is 25. The van der Waals surface area contributed by atoms with Crippen LogP contribution in [0.3, 0.4) is 0 Å². The van der Waals surface area contributed by atoms with E-state index in [2.05, 4.69) is 6.92 Å². The molecule has 2 unspecified atom stereocenters. The van der Waals surface area contributed by atoms with Crippen molar-refractivity contribution in [3.05, 3.63) is 0 Å². The van der Waals surface area contributed by atoms with Crippen LogP contribution in [0.4, 0.5) is 0 Å². The van der Waals surface area contributed by atoms with Crippen LogP contribution in [0.15, 0.2) is 0 Å². The Kier molecular flexibility index (Phi) is 31.5. The number of carbonyl (C=O) groups is 1. The normalized spacial score (nSPS) is 12.7. The first-order valence-electron chi connectivity index (χ1n) is 13.4. The lowest BCUT2D eigenvalue weighted by molar-refractivity contribution is -0.137. The van der Waals surface area contributed by atoms with Crippen LogP contribution in [-0.2, 0) is 14.3 Å². The number of carboxylic acids is 1. The number of aliphatic hydroxyl groups is 4. The lowest BCUT2D eigenvalue weighted by atomic mass is 10.0. The molecule has 0 radical (unpaired) electrons. The zero-order valence-corrected chi connectivity index (χ0v) is 21.7. The lowest BCUT2D eigenvalue weighted by Gasteiger charge is -2.13. The smallest absolute Gasteiger partial charge is 0.303 e. The highest BCUT2D eigenvalue weighted by atomic mass is 16.5. The van der Waals surface area contributed by atoms with Gasteiger partial charge in [-0.2, -0.15) is 0 Å². The third kappa shape index (κ3) is 33.4. The average Bonchev–Trinajstić information content (AvgIpc) is 2.81. The molecule has 0 bridgehead atoms. The van der Waals surface area contributed by atoms with Gasteiger partial charge in [0.1, 0.15) is 0 Å². The Hall–Kier alpha value is -0.770. The molecular weight excluding hydrogens is 440 g/mol. The highest BCUT2D eigenvalue weighted by Crippen LogP contribution is 2.13. The van der Waals surface area contributed by atoms with Crippen LogP contribution in [0, 0.1) is 0 Å². The fourth-order valence-corrected chi connectivity index (χ4v) is 3.43. The lowest BCUT2D eigenvalue weighted by Crippen LogP contribution is -2.25. The topological polar surface area (TPSA) is 137 Å². The van der Waals surface area contributed by atoms with Crippen LogP contribution in [0.1, 0.15) is 110 Å². The van der Waals surface area contributed by atoms with Gasteiger partial charge < -0.3 is 35.0 Å². The van der Waals surface area contributed by atoms with Gasteiger partial charge in [0.05, 0.1) is 51.8 Å². The molecule has 0 spiro atoms. The molecule has 0 heterocycles. The minimum Gasteiger partial charge on any atom is -0.481 e. The number of hydrogen-bond donors (Lipinski definition) is 5. The van der Waals surface area contributed by atoms with Crippen molar-refractivity contribution in [2.45, 2.75) is 122 Å². The molecule has 8 heteroatoms. The molecular formula is C26H54O8. The average molecular weight is 495 g/mol. The highest BCUT2D eigenvalue weighted by Gasteiger charge is 2.10. The zero-order chi connectivity index (χ0) is 25.7. The Balaban J connectivity index is 0. The molecule has 0 aliphatic carbocycles. The summed E-state index contributed by atoms with van der Waals surface area (Å²) in [6, 6.07) is 0. The van der Waals surface area contributed by atoms with Gasteiger partial charge in [0.15, 0.2) is 0 Å². The van der Waals surface area contributed by atoms with Crippen molar-refractivity contribution in [3.63, 3.8) is 0 Å². The van der Waals surface area contributed by atoms with Crippen molar-refractivity contribution in [2.75, 3.05) is 39.6 Å². The van der Waals surface area contributed by atoms with Crippen LogP contribution >= 0.6 is 0 Å². The fraction of sp³-hybridized carbons (Fsp3) is 0.962. The van der Waals surface area contributed by atoms with E-state index in [-0.39, 0.29) is 32.8 Å². The van der Waals surface area contributed by atoms with Gasteiger partial charge in [-0.05, 0) is 6.42 Å². The van der Waals surface area contributed by atoms with Gasteiger partial charge in [-0.15, -0.1) is 0 Å². The molecule has 0 saturated heterocycles. The van der Waals surface area contributed by atoms with Crippen molar-refractivity contribution < 1.29 is 39.8 Å². The maximum absolute atomic E-state index is 10.3. The molecule has 8 nitrogen and oxygen atoms in total. The fourth-order valence-electron chi connectivity index (χ4n) is 3.43. The monoisotopic (exact) mass is 494 g/mol. The minimum absolute atomic E-state index is 0.0225. The van der Waals surface area contributed by atoms with Crippen LogP contribution in [-0.4, -0.2) is 83.4 Å². The van der Waals surface area contributed by atoms with Gasteiger partial charge in [0.2, 0.25) is 0 Å². The first-order valence-corrected chi connectivity index (χ1v) is 13.4. The molecule has 0 aliphatic heterocycles. The quantitative estimate of drug-likeness (QED) is 0.120. The van der Waals surface area contributed by atoms with E-state index in [4.69, 9.17) is 29.9 Å². The molecule has 0 amide bonds. The number of ether oxygens (including phenoxy) is 2. The number of hydrogen-bond acceptors (Lipinski definition) is 7. The van der Waals surface area contributed by atoms with Crippen molar-refractivity contribution in [1.29, 1.82) is 0 Å². The second-order valence-corrected chi connectivity index (χ2v) is 8.88. The largest absolute Gasteiger partial charge is 0.481 e. The maximum Gasteiger partial charge on any atom is 0.303 e. The van der Waals surface area contributed by atoms with Gasteiger partial charge in [-0.25, -0.2) is 0 Å². The van der Waals surface area contributed by atoms with Gasteiger partial charge in [0, 0.05) is 12.8 Å². The van der Waals surface area contributed by atoms with Crippen LogP contribution < -0.4 is 0 Å². The second kappa shape index (κ2) is 30.3. The number of aliphatic hydroxyl groups excluding tert-OH is 4. The Morgan fingerprint density at radius 3 is 1.59 bits per heavy atom. The van der Waals surface area contributed by atoms with E-state index in [1.54, 1.807) is 0 Å². The molecule has 0 saturated carbocycles. The molecule has 2 atom stereocenters. The van der Waals surface area contributed by atoms with E-state index in [0.29, 0.717) is 19.6 Å². The van der Waals surface area contributed by atoms with E-state index in [9.17, 15) is 9.90 Å². The molecule has 0 rings (SSSR count). The maximum atomic E-state index is 10.3. The van der Waals surface area contributed by atoms with E-state index >= 15 is 0 Å². The minimum atomic E-state index is -0.908. The third-order valence-corrected chi connectivity index (χ3v) is 5.42. The Bertz CT molecular complexity index is 395. The predicted molar refractivity (Wildman–Crippen MR) is 135 cm³/mol. The van der Waals surface area contributed by atoms with Crippen molar-refractivity contribution in [2.24, 2.45) is 0 Å². The summed E-state index contributed by atoms with van der Waals surface area (Å²) in [5.41, 5.74) is 0. The van der Waals surface area contributed by atoms with Crippen molar-refractivity contribution in [3.8, 4) is 0 Å². The SMILES string of the molecule is CCCCCCCCCCCCCCCCC(=O)O.OCCOCCOCC(O)CC(O)CO. The molecule has 0 aromatic carbocycles. The van der Waals surface area contributed by atoms with Crippen LogP contribution in [0.5, 0.6) is 0 Å². The number of carboxylic acid groups (broad SMARTS) is 1. The third-order valence-electron chi connectivity index (χ3n) is 5.42. The summed E-state index contributed by atoms with van der Waals surface area (Å²) in [7, 11) is 0. The van der Waals surface area contributed by atoms with Gasteiger partial charge >= 0.3 is 5.97 Å². The second-order valence-electron chi connectivity index (χ2n) is 8.88. The molecule has 0 aromatic rings. The van der Waals surface area contributed by atoms with Crippen LogP contribution in [0.25, 0.3) is 0 Å². The van der Waals surface area contributed by atoms with Crippen molar-refractivity contribution >= 4 is 5.97 Å². The first kappa shape index (κ1) is 35.4. The van der Waals surface area contributed by atoms with E-state index in [1.165, 1.54) is 77.0 Å². The predicted octanol–water partition coefficient (Wildman–Crippen LogP) is 4.06. The summed E-state index contributed by atoms with van der Waals surface area (Å²) in [6.07, 6.45) is 17.1. The summed E-state index contributed by atoms with van der Waals surface area (Å²) in [5, 5.41) is 43.7. The van der Waals surface area contributed by atoms with E-state index in [1.807, 2.05) is 0 Å². The zero-order valence-electron chi connectivity index (χ0n) is 21.7. The summed E-state index contributed by atoms with van der Waals surface area (Å²) in [5.74, 6) is -0.654. The Morgan fingerprint density at radius 2 is 1.15 bits per heavy atom. The standard InChI is InChI=1S/C17H34O2.C9H20O6/c1-2-3-4-5-6-7-8-9-10-11-12-13-14-15-16-17(18)19;10-1-2-14-3-4-15-7-9(13)5-8(12)6-11/h2-16H2,1H3,(H,18,19);8-13H,1-7H2. The highest BCUT2D eigenvalue weighted by molar-refractivity contribution is 5.66. The molecule has 206 valence electrons. The molecule has 5 N–H and O–H groups in total. The van der Waals surface area contributed by atoms with Crippen molar-refractivity contribution in [1.82, 2.24) is 0 Å². The summed E-state index contributed by atoms with van der Waals surface area (Å²) >= 11 is 0. The summed E-state index contributed by atoms with van der Waals surface area (Å²) in [4.78, 5) is 10.3. The number of aliphatic carboxylic acids is 1. The Labute approximate surface area is 207 Å². The van der Waals surface area contributed by atoms with E-state index < -0.39 is 18.2 Å². The molecule has 34 heavy (non-hydrogen) atoms.